The minimum atomic E-state index is -0.793. The zero-order valence-electron chi connectivity index (χ0n) is 31.0. The van der Waals surface area contributed by atoms with E-state index in [0.29, 0.717) is 12.8 Å². The Morgan fingerprint density at radius 1 is 0.500 bits per heavy atom. The van der Waals surface area contributed by atoms with Gasteiger partial charge in [-0.15, -0.1) is 0 Å². The van der Waals surface area contributed by atoms with Gasteiger partial charge < -0.3 is 14.6 Å². The van der Waals surface area contributed by atoms with Crippen molar-refractivity contribution in [2.45, 2.75) is 174 Å². The molecule has 5 nitrogen and oxygen atoms in total. The van der Waals surface area contributed by atoms with Crippen LogP contribution in [0.3, 0.4) is 0 Å². The van der Waals surface area contributed by atoms with E-state index in [-0.39, 0.29) is 25.2 Å². The molecule has 5 heteroatoms. The van der Waals surface area contributed by atoms with Gasteiger partial charge in [0.05, 0.1) is 6.61 Å². The Morgan fingerprint density at radius 2 is 0.896 bits per heavy atom. The fourth-order valence-electron chi connectivity index (χ4n) is 5.04. The Hall–Kier alpha value is -2.66. The second-order valence-electron chi connectivity index (χ2n) is 12.6. The van der Waals surface area contributed by atoms with Gasteiger partial charge in [-0.3, -0.25) is 9.59 Å². The quantitative estimate of drug-likeness (QED) is 0.0420. The first-order valence-corrected chi connectivity index (χ1v) is 19.5. The smallest absolute Gasteiger partial charge is 0.306 e. The predicted octanol–water partition coefficient (Wildman–Crippen LogP) is 12.2. The molecule has 1 N–H and O–H groups in total. The molecule has 0 unspecified atom stereocenters. The monoisotopic (exact) mass is 669 g/mol. The largest absolute Gasteiger partial charge is 0.462 e. The number of allylic oxidation sites excluding steroid dienone is 12. The first-order valence-electron chi connectivity index (χ1n) is 19.5. The minimum absolute atomic E-state index is 0.0850. The first-order chi connectivity index (χ1) is 23.6. The summed E-state index contributed by atoms with van der Waals surface area (Å²) in [5.74, 6) is -0.639. The van der Waals surface area contributed by atoms with Gasteiger partial charge in [0, 0.05) is 12.8 Å². The van der Waals surface area contributed by atoms with Gasteiger partial charge in [-0.25, -0.2) is 0 Å². The van der Waals surface area contributed by atoms with Crippen molar-refractivity contribution in [3.63, 3.8) is 0 Å². The third kappa shape index (κ3) is 36.2. The van der Waals surface area contributed by atoms with Crippen LogP contribution >= 0.6 is 0 Å². The predicted molar refractivity (Wildman–Crippen MR) is 205 cm³/mol. The van der Waals surface area contributed by atoms with Crippen LogP contribution in [0.1, 0.15) is 168 Å². The molecule has 48 heavy (non-hydrogen) atoms. The summed E-state index contributed by atoms with van der Waals surface area (Å²) in [6.45, 7) is 3.96. The Morgan fingerprint density at radius 3 is 1.40 bits per heavy atom. The van der Waals surface area contributed by atoms with E-state index in [0.717, 1.165) is 77.0 Å². The van der Waals surface area contributed by atoms with Crippen LogP contribution in [0.4, 0.5) is 0 Å². The van der Waals surface area contributed by atoms with Crippen molar-refractivity contribution in [1.29, 1.82) is 0 Å². The molecule has 0 aromatic carbocycles. The van der Waals surface area contributed by atoms with Gasteiger partial charge >= 0.3 is 11.9 Å². The fraction of sp³-hybridized carbons (Fsp3) is 0.674. The summed E-state index contributed by atoms with van der Waals surface area (Å²) in [5.41, 5.74) is 0. The van der Waals surface area contributed by atoms with E-state index >= 15 is 0 Å². The maximum absolute atomic E-state index is 12.2. The maximum Gasteiger partial charge on any atom is 0.306 e. The lowest BCUT2D eigenvalue weighted by Crippen LogP contribution is -2.28. The van der Waals surface area contributed by atoms with Gasteiger partial charge in [0.2, 0.25) is 0 Å². The van der Waals surface area contributed by atoms with Crippen LogP contribution in [0.15, 0.2) is 72.9 Å². The van der Waals surface area contributed by atoms with Gasteiger partial charge in [0.25, 0.3) is 0 Å². The van der Waals surface area contributed by atoms with E-state index in [9.17, 15) is 14.7 Å². The van der Waals surface area contributed by atoms with Gasteiger partial charge in [0.15, 0.2) is 6.10 Å². The highest BCUT2D eigenvalue weighted by Crippen LogP contribution is 2.12. The minimum Gasteiger partial charge on any atom is -0.462 e. The SMILES string of the molecule is CC/C=C/C/C=C/C/C=C/C/C=C/C/C=C/CCCCCC(=O)O[C@@H](CO)COC(=O)CCCCCCCCC/C=C/CCCCCC. The number of ether oxygens (including phenoxy) is 2. The summed E-state index contributed by atoms with van der Waals surface area (Å²) in [6, 6.07) is 0. The summed E-state index contributed by atoms with van der Waals surface area (Å²) in [5, 5.41) is 9.55. The number of carbonyl (C=O) groups excluding carboxylic acids is 2. The van der Waals surface area contributed by atoms with Crippen molar-refractivity contribution < 1.29 is 24.2 Å². The van der Waals surface area contributed by atoms with Crippen molar-refractivity contribution >= 4 is 11.9 Å². The fourth-order valence-corrected chi connectivity index (χ4v) is 5.04. The Bertz CT molecular complexity index is 895. The average Bonchev–Trinajstić information content (AvgIpc) is 3.09. The van der Waals surface area contributed by atoms with Crippen LogP contribution in [0.5, 0.6) is 0 Å². The average molecular weight is 669 g/mol. The van der Waals surface area contributed by atoms with Crippen molar-refractivity contribution in [2.24, 2.45) is 0 Å². The van der Waals surface area contributed by atoms with Crippen LogP contribution in [-0.4, -0.2) is 36.4 Å². The Labute approximate surface area is 295 Å². The molecule has 0 aliphatic carbocycles. The van der Waals surface area contributed by atoms with E-state index in [2.05, 4.69) is 86.8 Å². The lowest BCUT2D eigenvalue weighted by atomic mass is 10.1. The molecule has 0 bridgehead atoms. The van der Waals surface area contributed by atoms with Crippen LogP contribution in [0, 0.1) is 0 Å². The molecule has 0 heterocycles. The zero-order chi connectivity index (χ0) is 35.0. The molecule has 0 saturated heterocycles. The lowest BCUT2D eigenvalue weighted by molar-refractivity contribution is -0.161. The van der Waals surface area contributed by atoms with Crippen molar-refractivity contribution in [1.82, 2.24) is 0 Å². The first kappa shape index (κ1) is 45.3. The third-order valence-electron chi connectivity index (χ3n) is 7.98. The standard InChI is InChI=1S/C43H72O5/c1-3-5-7-9-11-13-15-17-19-20-21-22-24-26-28-30-32-34-36-38-43(46)48-41(39-44)40-47-42(45)37-35-33-31-29-27-25-23-18-16-14-12-10-8-6-4-2/h5,7,11,13-14,16-17,19,21-22,26,28,41,44H,3-4,6,8-10,12,15,18,20,23-25,27,29-40H2,1-2H3/b7-5+,13-11+,16-14+,19-17+,22-21+,28-26+/t41-/m0/s1. The highest BCUT2D eigenvalue weighted by Gasteiger charge is 2.16. The molecule has 0 aliphatic heterocycles. The number of aliphatic hydroxyl groups excluding tert-OH is 1. The van der Waals surface area contributed by atoms with Crippen molar-refractivity contribution in [3.05, 3.63) is 72.9 Å². The summed E-state index contributed by atoms with van der Waals surface area (Å²) >= 11 is 0. The molecule has 0 aliphatic rings. The normalized spacial score (nSPS) is 13.0. The molecule has 0 rings (SSSR count). The summed E-state index contributed by atoms with van der Waals surface area (Å²) in [6.07, 6.45) is 51.0. The van der Waals surface area contributed by atoms with Crippen LogP contribution in [0.25, 0.3) is 0 Å². The van der Waals surface area contributed by atoms with Crippen LogP contribution in [-0.2, 0) is 19.1 Å². The number of hydrogen-bond donors (Lipinski definition) is 1. The number of rotatable bonds is 34. The van der Waals surface area contributed by atoms with E-state index in [1.54, 1.807) is 0 Å². The third-order valence-corrected chi connectivity index (χ3v) is 7.98. The van der Waals surface area contributed by atoms with Crippen LogP contribution in [0.2, 0.25) is 0 Å². The van der Waals surface area contributed by atoms with Gasteiger partial charge in [-0.2, -0.15) is 0 Å². The molecule has 0 radical (unpaired) electrons. The number of unbranched alkanes of at least 4 members (excludes halogenated alkanes) is 14. The second-order valence-corrected chi connectivity index (χ2v) is 12.6. The Kier molecular flexibility index (Phi) is 36.6. The molecule has 0 fully saturated rings. The maximum atomic E-state index is 12.2. The number of hydrogen-bond acceptors (Lipinski definition) is 5. The van der Waals surface area contributed by atoms with Crippen molar-refractivity contribution in [3.8, 4) is 0 Å². The van der Waals surface area contributed by atoms with Gasteiger partial charge in [-0.1, -0.05) is 145 Å². The summed E-state index contributed by atoms with van der Waals surface area (Å²) in [4.78, 5) is 24.2. The van der Waals surface area contributed by atoms with E-state index < -0.39 is 6.10 Å². The number of carbonyl (C=O) groups is 2. The summed E-state index contributed by atoms with van der Waals surface area (Å²) in [7, 11) is 0. The highest BCUT2D eigenvalue weighted by molar-refractivity contribution is 5.70. The van der Waals surface area contributed by atoms with E-state index in [4.69, 9.17) is 9.47 Å². The number of aliphatic hydroxyl groups is 1. The highest BCUT2D eigenvalue weighted by atomic mass is 16.6. The molecular weight excluding hydrogens is 596 g/mol. The lowest BCUT2D eigenvalue weighted by Gasteiger charge is -2.15. The summed E-state index contributed by atoms with van der Waals surface area (Å²) < 4.78 is 10.6. The molecule has 0 saturated carbocycles. The molecule has 0 amide bonds. The van der Waals surface area contributed by atoms with Crippen LogP contribution < -0.4 is 0 Å². The topological polar surface area (TPSA) is 72.8 Å². The van der Waals surface area contributed by atoms with Crippen molar-refractivity contribution in [2.75, 3.05) is 13.2 Å². The van der Waals surface area contributed by atoms with E-state index in [1.165, 1.54) is 64.2 Å². The molecule has 0 spiro atoms. The zero-order valence-corrected chi connectivity index (χ0v) is 31.0. The van der Waals surface area contributed by atoms with E-state index in [1.807, 2.05) is 0 Å². The molecular formula is C43H72O5. The Balaban J connectivity index is 3.67. The molecule has 1 atom stereocenters. The van der Waals surface area contributed by atoms with Gasteiger partial charge in [-0.05, 0) is 83.5 Å². The molecule has 274 valence electrons. The number of esters is 2. The second kappa shape index (κ2) is 38.8. The molecule has 0 aromatic rings. The molecule has 0 aromatic heterocycles. The van der Waals surface area contributed by atoms with Gasteiger partial charge in [0.1, 0.15) is 6.61 Å².